The second kappa shape index (κ2) is 8.85. The van der Waals surface area contributed by atoms with Crippen LogP contribution in [0.25, 0.3) is 0 Å². The lowest BCUT2D eigenvalue weighted by molar-refractivity contribution is -0.386. The Morgan fingerprint density at radius 1 is 1.17 bits per heavy atom. The van der Waals surface area contributed by atoms with Crippen LogP contribution in [0.15, 0.2) is 24.3 Å². The van der Waals surface area contributed by atoms with E-state index < -0.39 is 4.92 Å². The molecule has 0 saturated heterocycles. The van der Waals surface area contributed by atoms with E-state index in [1.807, 2.05) is 13.0 Å². The number of benzene rings is 1. The van der Waals surface area contributed by atoms with Crippen molar-refractivity contribution in [3.63, 3.8) is 0 Å². The zero-order valence-corrected chi connectivity index (χ0v) is 18.2. The number of nitrogens with one attached hydrogen (secondary N) is 1. The summed E-state index contributed by atoms with van der Waals surface area (Å²) < 4.78 is 3.20. The van der Waals surface area contributed by atoms with Crippen molar-refractivity contribution < 1.29 is 9.72 Å². The smallest absolute Gasteiger partial charge is 0.309 e. The van der Waals surface area contributed by atoms with Gasteiger partial charge in [-0.05, 0) is 38.5 Å². The van der Waals surface area contributed by atoms with Crippen LogP contribution in [0.2, 0.25) is 10.0 Å². The summed E-state index contributed by atoms with van der Waals surface area (Å²) in [5, 5.41) is 23.5. The topological polar surface area (TPSA) is 108 Å². The Labute approximate surface area is 182 Å². The summed E-state index contributed by atoms with van der Waals surface area (Å²) in [5.74, 6) is 0.154. The maximum absolute atomic E-state index is 12.3. The van der Waals surface area contributed by atoms with Crippen LogP contribution in [-0.2, 0) is 17.9 Å². The lowest BCUT2D eigenvalue weighted by Gasteiger charge is -2.07. The van der Waals surface area contributed by atoms with Crippen LogP contribution in [0.4, 0.5) is 11.5 Å². The van der Waals surface area contributed by atoms with Gasteiger partial charge in [-0.15, -0.1) is 0 Å². The lowest BCUT2D eigenvalue weighted by atomic mass is 10.2. The van der Waals surface area contributed by atoms with Crippen LogP contribution in [-0.4, -0.2) is 30.4 Å². The van der Waals surface area contributed by atoms with Gasteiger partial charge in [0.2, 0.25) is 5.91 Å². The molecule has 0 saturated carbocycles. The third-order valence-corrected chi connectivity index (χ3v) is 5.25. The van der Waals surface area contributed by atoms with Crippen molar-refractivity contribution in [3.05, 3.63) is 67.1 Å². The number of aryl methyl sites for hydroxylation is 3. The van der Waals surface area contributed by atoms with Crippen molar-refractivity contribution in [2.45, 2.75) is 40.3 Å². The van der Waals surface area contributed by atoms with Crippen molar-refractivity contribution in [3.8, 4) is 0 Å². The molecule has 0 radical (unpaired) electrons. The number of hydrogen-bond donors (Lipinski definition) is 1. The van der Waals surface area contributed by atoms with Crippen molar-refractivity contribution in [1.82, 2.24) is 19.6 Å². The Hall–Kier alpha value is -2.91. The van der Waals surface area contributed by atoms with Gasteiger partial charge in [-0.25, -0.2) is 0 Å². The van der Waals surface area contributed by atoms with Gasteiger partial charge in [0.05, 0.1) is 18.0 Å². The monoisotopic (exact) mass is 450 g/mol. The molecule has 0 bridgehead atoms. The third-order valence-electron chi connectivity index (χ3n) is 4.66. The first-order valence-corrected chi connectivity index (χ1v) is 9.88. The number of anilines is 1. The number of hydrogen-bond acceptors (Lipinski definition) is 5. The number of nitro groups is 1. The molecule has 3 aromatic rings. The first-order valence-electron chi connectivity index (χ1n) is 9.12. The molecular weight excluding hydrogens is 431 g/mol. The van der Waals surface area contributed by atoms with Crippen LogP contribution in [0.5, 0.6) is 0 Å². The fourth-order valence-corrected chi connectivity index (χ4v) is 3.59. The highest BCUT2D eigenvalue weighted by atomic mass is 35.5. The van der Waals surface area contributed by atoms with Crippen LogP contribution < -0.4 is 5.32 Å². The minimum Gasteiger partial charge on any atom is -0.309 e. The van der Waals surface area contributed by atoms with E-state index in [0.29, 0.717) is 33.8 Å². The number of rotatable bonds is 7. The highest BCUT2D eigenvalue weighted by Crippen LogP contribution is 2.23. The molecule has 2 heterocycles. The van der Waals surface area contributed by atoms with Crippen LogP contribution in [0.3, 0.4) is 0 Å². The fraction of sp³-hybridized carbons (Fsp3) is 0.316. The van der Waals surface area contributed by atoms with Crippen molar-refractivity contribution >= 4 is 40.6 Å². The Balaban J connectivity index is 1.63. The molecule has 0 fully saturated rings. The van der Waals surface area contributed by atoms with E-state index in [1.165, 1.54) is 4.68 Å². The van der Waals surface area contributed by atoms with Crippen molar-refractivity contribution in [2.24, 2.45) is 0 Å². The first kappa shape index (κ1) is 21.8. The largest absolute Gasteiger partial charge is 0.312 e. The van der Waals surface area contributed by atoms with E-state index in [4.69, 9.17) is 23.2 Å². The van der Waals surface area contributed by atoms with Crippen molar-refractivity contribution in [2.75, 3.05) is 5.32 Å². The average Bonchev–Trinajstić information content (AvgIpc) is 3.13. The number of aromatic nitrogens is 4. The molecule has 158 valence electrons. The number of carbonyl (C=O) groups excluding carboxylic acids is 1. The number of carbonyl (C=O) groups is 1. The second-order valence-corrected chi connectivity index (χ2v) is 7.71. The highest BCUT2D eigenvalue weighted by Gasteiger charge is 2.22. The Morgan fingerprint density at radius 3 is 2.53 bits per heavy atom. The SMILES string of the molecule is Cc1nn(CCC(=O)Nc2cc(C)n(Cc3ccc(Cl)cc3Cl)n2)c(C)c1[N+](=O)[O-]. The first-order chi connectivity index (χ1) is 14.2. The molecule has 1 aromatic carbocycles. The maximum Gasteiger partial charge on any atom is 0.312 e. The summed E-state index contributed by atoms with van der Waals surface area (Å²) in [6, 6.07) is 7.02. The quantitative estimate of drug-likeness (QED) is 0.426. The molecule has 0 unspecified atom stereocenters. The molecule has 0 aliphatic heterocycles. The van der Waals surface area contributed by atoms with Gasteiger partial charge >= 0.3 is 5.69 Å². The Bertz CT molecular complexity index is 1120. The second-order valence-electron chi connectivity index (χ2n) is 6.86. The summed E-state index contributed by atoms with van der Waals surface area (Å²) in [5.41, 5.74) is 2.44. The standard InChI is InChI=1S/C19H20Cl2N6O3/c1-11-8-17(24-26(11)10-14-4-5-15(20)9-16(14)21)22-18(28)6-7-25-13(3)19(27(29)30)12(2)23-25/h4-5,8-9H,6-7,10H2,1-3H3,(H,22,24,28). The van der Waals surface area contributed by atoms with Crippen LogP contribution >= 0.6 is 23.2 Å². The van der Waals surface area contributed by atoms with Crippen LogP contribution in [0.1, 0.15) is 29.1 Å². The molecule has 1 amide bonds. The van der Waals surface area contributed by atoms with Gasteiger partial charge in [-0.2, -0.15) is 10.2 Å². The zero-order chi connectivity index (χ0) is 22.0. The zero-order valence-electron chi connectivity index (χ0n) is 16.6. The van der Waals surface area contributed by atoms with E-state index in [-0.39, 0.29) is 24.6 Å². The number of nitrogens with zero attached hydrogens (tertiary/aromatic N) is 5. The summed E-state index contributed by atoms with van der Waals surface area (Å²) in [6.45, 7) is 5.73. The molecule has 0 atom stereocenters. The van der Waals surface area contributed by atoms with Gasteiger partial charge in [-0.1, -0.05) is 29.3 Å². The molecule has 9 nitrogen and oxygen atoms in total. The molecule has 11 heteroatoms. The van der Waals surface area contributed by atoms with Gasteiger partial charge in [0.15, 0.2) is 5.82 Å². The normalized spacial score (nSPS) is 11.0. The summed E-state index contributed by atoms with van der Waals surface area (Å²) >= 11 is 12.1. The summed E-state index contributed by atoms with van der Waals surface area (Å²) in [4.78, 5) is 22.9. The molecule has 3 rings (SSSR count). The molecular formula is C19H20Cl2N6O3. The van der Waals surface area contributed by atoms with Gasteiger partial charge in [0.1, 0.15) is 11.4 Å². The third kappa shape index (κ3) is 4.80. The van der Waals surface area contributed by atoms with E-state index in [2.05, 4.69) is 15.5 Å². The summed E-state index contributed by atoms with van der Waals surface area (Å²) in [7, 11) is 0. The minimum absolute atomic E-state index is 0.0226. The van der Waals surface area contributed by atoms with Crippen LogP contribution in [0, 0.1) is 30.9 Å². The summed E-state index contributed by atoms with van der Waals surface area (Å²) in [6.07, 6.45) is 0.105. The van der Waals surface area contributed by atoms with Gasteiger partial charge in [0, 0.05) is 28.2 Å². The van der Waals surface area contributed by atoms with Gasteiger partial charge in [-0.3, -0.25) is 24.3 Å². The van der Waals surface area contributed by atoms with E-state index in [9.17, 15) is 14.9 Å². The van der Waals surface area contributed by atoms with E-state index in [1.54, 1.807) is 36.7 Å². The molecule has 0 aliphatic rings. The van der Waals surface area contributed by atoms with Gasteiger partial charge in [0.25, 0.3) is 0 Å². The predicted octanol–water partition coefficient (Wildman–Crippen LogP) is 4.30. The average molecular weight is 451 g/mol. The Kier molecular flexibility index (Phi) is 6.42. The maximum atomic E-state index is 12.3. The van der Waals surface area contributed by atoms with E-state index in [0.717, 1.165) is 11.3 Å². The molecule has 0 spiro atoms. The lowest BCUT2D eigenvalue weighted by Crippen LogP contribution is -2.16. The van der Waals surface area contributed by atoms with Gasteiger partial charge < -0.3 is 5.32 Å². The molecule has 1 N–H and O–H groups in total. The Morgan fingerprint density at radius 2 is 1.90 bits per heavy atom. The van der Waals surface area contributed by atoms with Crippen molar-refractivity contribution in [1.29, 1.82) is 0 Å². The number of amides is 1. The molecule has 0 aliphatic carbocycles. The predicted molar refractivity (Wildman–Crippen MR) is 114 cm³/mol. The number of halogens is 2. The highest BCUT2D eigenvalue weighted by molar-refractivity contribution is 6.35. The minimum atomic E-state index is -0.462. The van der Waals surface area contributed by atoms with E-state index >= 15 is 0 Å². The molecule has 2 aromatic heterocycles. The molecule has 30 heavy (non-hydrogen) atoms. The fourth-order valence-electron chi connectivity index (χ4n) is 3.12.